The van der Waals surface area contributed by atoms with Gasteiger partial charge in [-0.3, -0.25) is 9.78 Å². The average molecular weight is 352 g/mol. The van der Waals surface area contributed by atoms with Crippen LogP contribution in [0.2, 0.25) is 0 Å². The number of rotatable bonds is 5. The predicted octanol–water partition coefficient (Wildman–Crippen LogP) is 2.08. The molecule has 1 aliphatic heterocycles. The Morgan fingerprint density at radius 2 is 1.96 bits per heavy atom. The summed E-state index contributed by atoms with van der Waals surface area (Å²) < 4.78 is 1.88. The quantitative estimate of drug-likeness (QED) is 0.751. The second-order valence-electron chi connectivity index (χ2n) is 6.52. The minimum Gasteiger partial charge on any atom is -0.481 e. The van der Waals surface area contributed by atoms with Gasteiger partial charge in [0.15, 0.2) is 0 Å². The summed E-state index contributed by atoms with van der Waals surface area (Å²) in [5.41, 5.74) is 2.55. The highest BCUT2D eigenvalue weighted by molar-refractivity contribution is 5.75. The summed E-state index contributed by atoms with van der Waals surface area (Å²) in [6, 6.07) is 8.16. The first-order valence-electron chi connectivity index (χ1n) is 8.78. The first-order chi connectivity index (χ1) is 12.7. The Balaban J connectivity index is 1.39. The number of benzene rings is 1. The van der Waals surface area contributed by atoms with Crippen LogP contribution in [0.3, 0.4) is 0 Å². The molecule has 2 aromatic heterocycles. The molecular weight excluding hydrogens is 332 g/mol. The number of aromatic nitrogens is 5. The molecule has 0 saturated carbocycles. The van der Waals surface area contributed by atoms with Gasteiger partial charge in [-0.25, -0.2) is 9.67 Å². The Kier molecular flexibility index (Phi) is 4.47. The van der Waals surface area contributed by atoms with Crippen LogP contribution in [-0.2, 0) is 11.2 Å². The van der Waals surface area contributed by atoms with Crippen molar-refractivity contribution < 1.29 is 9.90 Å². The molecule has 8 heteroatoms. The van der Waals surface area contributed by atoms with Gasteiger partial charge in [0.25, 0.3) is 0 Å². The van der Waals surface area contributed by atoms with E-state index in [2.05, 4.69) is 20.2 Å². The van der Waals surface area contributed by atoms with Crippen LogP contribution in [0.5, 0.6) is 0 Å². The number of para-hydroxylation sites is 2. The largest absolute Gasteiger partial charge is 0.481 e. The van der Waals surface area contributed by atoms with Crippen LogP contribution >= 0.6 is 0 Å². The van der Waals surface area contributed by atoms with E-state index in [1.165, 1.54) is 0 Å². The fraction of sp³-hybridized carbons (Fsp3) is 0.389. The molecule has 0 spiro atoms. The summed E-state index contributed by atoms with van der Waals surface area (Å²) in [7, 11) is 0. The summed E-state index contributed by atoms with van der Waals surface area (Å²) in [4.78, 5) is 22.1. The van der Waals surface area contributed by atoms with Gasteiger partial charge < -0.3 is 10.0 Å². The van der Waals surface area contributed by atoms with Crippen LogP contribution in [0, 0.1) is 0 Å². The fourth-order valence-corrected chi connectivity index (χ4v) is 3.30. The van der Waals surface area contributed by atoms with Crippen LogP contribution in [0.15, 0.2) is 36.7 Å². The van der Waals surface area contributed by atoms with Crippen molar-refractivity contribution in [3.05, 3.63) is 42.4 Å². The molecule has 3 aromatic rings. The zero-order valence-electron chi connectivity index (χ0n) is 14.3. The van der Waals surface area contributed by atoms with Crippen molar-refractivity contribution in [3.8, 4) is 0 Å². The molecule has 1 aliphatic rings. The Labute approximate surface area is 150 Å². The van der Waals surface area contributed by atoms with Crippen LogP contribution < -0.4 is 4.90 Å². The van der Waals surface area contributed by atoms with Crippen molar-refractivity contribution in [1.82, 2.24) is 25.0 Å². The summed E-state index contributed by atoms with van der Waals surface area (Å²) in [5.74, 6) is 0.0900. The maximum atomic E-state index is 10.7. The van der Waals surface area contributed by atoms with Gasteiger partial charge in [0, 0.05) is 25.7 Å². The van der Waals surface area contributed by atoms with Crippen molar-refractivity contribution in [2.24, 2.45) is 0 Å². The summed E-state index contributed by atoms with van der Waals surface area (Å²) in [6.45, 7) is 1.75. The number of piperidine rings is 1. The molecule has 4 rings (SSSR count). The third kappa shape index (κ3) is 3.49. The number of carbonyl (C=O) groups is 1. The van der Waals surface area contributed by atoms with E-state index in [1.807, 2.05) is 41.3 Å². The van der Waals surface area contributed by atoms with Crippen LogP contribution in [0.1, 0.15) is 31.0 Å². The number of aryl methyl sites for hydroxylation is 1. The number of nitrogens with zero attached hydrogens (tertiary/aromatic N) is 6. The first-order valence-corrected chi connectivity index (χ1v) is 8.78. The highest BCUT2D eigenvalue weighted by Crippen LogP contribution is 2.25. The third-order valence-corrected chi connectivity index (χ3v) is 4.75. The Morgan fingerprint density at radius 1 is 1.19 bits per heavy atom. The fourth-order valence-electron chi connectivity index (χ4n) is 3.30. The summed E-state index contributed by atoms with van der Waals surface area (Å²) >= 11 is 0. The molecular formula is C18H20N6O2. The molecule has 0 bridgehead atoms. The highest BCUT2D eigenvalue weighted by Gasteiger charge is 2.23. The van der Waals surface area contributed by atoms with E-state index in [4.69, 9.17) is 10.1 Å². The van der Waals surface area contributed by atoms with E-state index in [9.17, 15) is 4.79 Å². The van der Waals surface area contributed by atoms with E-state index in [-0.39, 0.29) is 12.5 Å². The molecule has 0 radical (unpaired) electrons. The van der Waals surface area contributed by atoms with E-state index in [0.29, 0.717) is 6.42 Å². The molecule has 8 nitrogen and oxygen atoms in total. The predicted molar refractivity (Wildman–Crippen MR) is 96.0 cm³/mol. The smallest absolute Gasteiger partial charge is 0.303 e. The monoisotopic (exact) mass is 352 g/mol. The molecule has 0 amide bonds. The molecule has 3 heterocycles. The molecule has 26 heavy (non-hydrogen) atoms. The molecule has 1 aromatic carbocycles. The Bertz CT molecular complexity index is 917. The van der Waals surface area contributed by atoms with Gasteiger partial charge in [0.2, 0.25) is 0 Å². The van der Waals surface area contributed by atoms with Gasteiger partial charge in [-0.05, 0) is 25.0 Å². The van der Waals surface area contributed by atoms with E-state index in [0.717, 1.165) is 48.5 Å². The number of hydrogen-bond acceptors (Lipinski definition) is 6. The van der Waals surface area contributed by atoms with Crippen molar-refractivity contribution in [2.75, 3.05) is 18.0 Å². The summed E-state index contributed by atoms with van der Waals surface area (Å²) in [5, 5.41) is 17.0. The minimum atomic E-state index is -0.815. The molecule has 1 saturated heterocycles. The van der Waals surface area contributed by atoms with Crippen molar-refractivity contribution >= 4 is 22.8 Å². The van der Waals surface area contributed by atoms with Gasteiger partial charge in [0.05, 0.1) is 35.4 Å². The lowest BCUT2D eigenvalue weighted by Gasteiger charge is -2.32. The number of carboxylic acids is 1. The van der Waals surface area contributed by atoms with Crippen LogP contribution in [0.25, 0.3) is 11.0 Å². The number of fused-ring (bicyclic) bond motifs is 1. The second kappa shape index (κ2) is 7.07. The number of hydrogen-bond donors (Lipinski definition) is 1. The Hall–Kier alpha value is -3.03. The van der Waals surface area contributed by atoms with Gasteiger partial charge >= 0.3 is 5.97 Å². The SMILES string of the molecule is O=C(O)CCc1cn(C2CCN(c3cnc4ccccc4n3)CC2)nn1. The Morgan fingerprint density at radius 3 is 2.73 bits per heavy atom. The zero-order valence-corrected chi connectivity index (χ0v) is 14.3. The molecule has 0 atom stereocenters. The lowest BCUT2D eigenvalue weighted by Crippen LogP contribution is -2.35. The number of carboxylic acid groups (broad SMARTS) is 1. The molecule has 0 aliphatic carbocycles. The van der Waals surface area contributed by atoms with Gasteiger partial charge in [-0.1, -0.05) is 17.3 Å². The lowest BCUT2D eigenvalue weighted by molar-refractivity contribution is -0.136. The zero-order chi connectivity index (χ0) is 17.9. The summed E-state index contributed by atoms with van der Waals surface area (Å²) in [6.07, 6.45) is 6.09. The van der Waals surface area contributed by atoms with Crippen LogP contribution in [0.4, 0.5) is 5.82 Å². The van der Waals surface area contributed by atoms with Crippen molar-refractivity contribution in [1.29, 1.82) is 0 Å². The normalized spacial score (nSPS) is 15.5. The standard InChI is InChI=1S/C18H20N6O2/c25-18(26)6-5-13-12-24(22-21-13)14-7-9-23(10-8-14)17-11-19-15-3-1-2-4-16(15)20-17/h1-4,11-12,14H,5-10H2,(H,25,26). The number of anilines is 1. The highest BCUT2D eigenvalue weighted by atomic mass is 16.4. The van der Waals surface area contributed by atoms with Gasteiger partial charge in [-0.15, -0.1) is 5.10 Å². The molecule has 134 valence electrons. The van der Waals surface area contributed by atoms with E-state index >= 15 is 0 Å². The second-order valence-corrected chi connectivity index (χ2v) is 6.52. The lowest BCUT2D eigenvalue weighted by atomic mass is 10.1. The van der Waals surface area contributed by atoms with E-state index in [1.54, 1.807) is 0 Å². The van der Waals surface area contributed by atoms with Crippen molar-refractivity contribution in [3.63, 3.8) is 0 Å². The average Bonchev–Trinajstić information content (AvgIpc) is 3.15. The van der Waals surface area contributed by atoms with Crippen molar-refractivity contribution in [2.45, 2.75) is 31.7 Å². The maximum Gasteiger partial charge on any atom is 0.303 e. The molecule has 0 unspecified atom stereocenters. The number of aliphatic carboxylic acids is 1. The minimum absolute atomic E-state index is 0.0811. The third-order valence-electron chi connectivity index (χ3n) is 4.75. The molecule has 1 fully saturated rings. The van der Waals surface area contributed by atoms with Gasteiger partial charge in [0.1, 0.15) is 5.82 Å². The topological polar surface area (TPSA) is 97.0 Å². The van der Waals surface area contributed by atoms with Crippen LogP contribution in [-0.4, -0.2) is 49.1 Å². The van der Waals surface area contributed by atoms with Gasteiger partial charge in [-0.2, -0.15) is 0 Å². The maximum absolute atomic E-state index is 10.7. The first kappa shape index (κ1) is 16.4. The molecule has 1 N–H and O–H groups in total. The van der Waals surface area contributed by atoms with E-state index < -0.39 is 5.97 Å².